The van der Waals surface area contributed by atoms with Crippen molar-refractivity contribution in [3.63, 3.8) is 0 Å². The highest BCUT2D eigenvalue weighted by Crippen LogP contribution is 2.27. The molecule has 1 N–H and O–H groups in total. The topological polar surface area (TPSA) is 55.2 Å². The number of halogens is 3. The minimum Gasteiger partial charge on any atom is -0.493 e. The van der Waals surface area contributed by atoms with Gasteiger partial charge in [0, 0.05) is 5.56 Å². The monoisotopic (exact) mass is 344 g/mol. The van der Waals surface area contributed by atoms with E-state index in [0.29, 0.717) is 22.6 Å². The third kappa shape index (κ3) is 4.41. The Morgan fingerprint density at radius 1 is 1.39 bits per heavy atom. The quantitative estimate of drug-likeness (QED) is 0.489. The van der Waals surface area contributed by atoms with Crippen molar-refractivity contribution in [2.75, 3.05) is 6.61 Å². The number of H-pyrrole nitrogens is 1. The van der Waals surface area contributed by atoms with Gasteiger partial charge in [-0.25, -0.2) is 5.10 Å². The van der Waals surface area contributed by atoms with Crippen molar-refractivity contribution >= 4 is 18.4 Å². The smallest absolute Gasteiger partial charge is 0.453 e. The van der Waals surface area contributed by atoms with Gasteiger partial charge in [0.25, 0.3) is 5.82 Å². The Morgan fingerprint density at radius 3 is 2.83 bits per heavy atom. The first-order valence-corrected chi connectivity index (χ1v) is 7.35. The highest BCUT2D eigenvalue weighted by atomic mass is 32.1. The van der Waals surface area contributed by atoms with Crippen molar-refractivity contribution in [3.05, 3.63) is 40.4 Å². The maximum Gasteiger partial charge on any atom is 0.453 e. The molecular formula is C14H15F3N4OS. The van der Waals surface area contributed by atoms with Gasteiger partial charge in [-0.2, -0.15) is 22.9 Å². The molecule has 1 aromatic heterocycles. The van der Waals surface area contributed by atoms with E-state index in [1.807, 2.05) is 6.92 Å². The Kier molecular flexibility index (Phi) is 5.54. The van der Waals surface area contributed by atoms with Gasteiger partial charge in [0.1, 0.15) is 5.75 Å². The Bertz CT molecular complexity index is 736. The van der Waals surface area contributed by atoms with Crippen LogP contribution in [0.4, 0.5) is 13.2 Å². The van der Waals surface area contributed by atoms with Crippen LogP contribution in [0.2, 0.25) is 0 Å². The summed E-state index contributed by atoms with van der Waals surface area (Å²) < 4.78 is 44.4. The second-order valence-electron chi connectivity index (χ2n) is 4.65. The molecule has 5 nitrogen and oxygen atoms in total. The fourth-order valence-electron chi connectivity index (χ4n) is 1.75. The van der Waals surface area contributed by atoms with E-state index >= 15 is 0 Å². The number of unbranched alkanes of at least 4 members (excludes halogenated alkanes) is 1. The lowest BCUT2D eigenvalue weighted by atomic mass is 10.2. The number of para-hydroxylation sites is 1. The highest BCUT2D eigenvalue weighted by Gasteiger charge is 2.37. The molecule has 124 valence electrons. The van der Waals surface area contributed by atoms with Crippen molar-refractivity contribution in [2.45, 2.75) is 25.9 Å². The van der Waals surface area contributed by atoms with Crippen LogP contribution >= 0.6 is 12.2 Å². The Morgan fingerprint density at radius 2 is 2.13 bits per heavy atom. The van der Waals surface area contributed by atoms with E-state index in [0.717, 1.165) is 12.8 Å². The standard InChI is InChI=1S/C14H15F3N4OS/c1-2-3-8-22-11-7-5-4-6-10(11)9-18-21-12(14(15,16)17)19-20-13(21)23/h4-7,9H,2-3,8H2,1H3,(H,20,23)/b18-9+. The molecule has 0 aliphatic carbocycles. The highest BCUT2D eigenvalue weighted by molar-refractivity contribution is 7.71. The summed E-state index contributed by atoms with van der Waals surface area (Å²) in [6, 6.07) is 6.95. The van der Waals surface area contributed by atoms with Gasteiger partial charge >= 0.3 is 6.18 Å². The number of rotatable bonds is 6. The van der Waals surface area contributed by atoms with Crippen LogP contribution in [-0.4, -0.2) is 27.7 Å². The molecule has 0 saturated heterocycles. The first kappa shape index (κ1) is 17.2. The van der Waals surface area contributed by atoms with Crippen molar-refractivity contribution in [3.8, 4) is 5.75 Å². The summed E-state index contributed by atoms with van der Waals surface area (Å²) >= 11 is 4.78. The maximum absolute atomic E-state index is 12.8. The molecular weight excluding hydrogens is 329 g/mol. The summed E-state index contributed by atoms with van der Waals surface area (Å²) in [7, 11) is 0. The molecule has 23 heavy (non-hydrogen) atoms. The number of nitrogens with zero attached hydrogens (tertiary/aromatic N) is 3. The zero-order chi connectivity index (χ0) is 16.9. The Hall–Kier alpha value is -2.16. The minimum atomic E-state index is -4.65. The second kappa shape index (κ2) is 7.40. The van der Waals surface area contributed by atoms with Crippen LogP contribution < -0.4 is 4.74 Å². The average molecular weight is 344 g/mol. The summed E-state index contributed by atoms with van der Waals surface area (Å²) in [6.45, 7) is 2.57. The second-order valence-corrected chi connectivity index (χ2v) is 5.03. The molecule has 0 radical (unpaired) electrons. The zero-order valence-corrected chi connectivity index (χ0v) is 13.1. The fraction of sp³-hybridized carbons (Fsp3) is 0.357. The molecule has 0 aliphatic heterocycles. The van der Waals surface area contributed by atoms with E-state index in [-0.39, 0.29) is 4.77 Å². The van der Waals surface area contributed by atoms with Crippen molar-refractivity contribution in [1.82, 2.24) is 14.9 Å². The van der Waals surface area contributed by atoms with Crippen LogP contribution in [0.25, 0.3) is 0 Å². The zero-order valence-electron chi connectivity index (χ0n) is 12.3. The van der Waals surface area contributed by atoms with Gasteiger partial charge in [0.05, 0.1) is 12.8 Å². The minimum absolute atomic E-state index is 0.238. The number of nitrogens with one attached hydrogen (secondary N) is 1. The number of aromatic amines is 1. The average Bonchev–Trinajstić information content (AvgIpc) is 2.87. The summed E-state index contributed by atoms with van der Waals surface area (Å²) in [5.74, 6) is -0.656. The SMILES string of the molecule is CCCCOc1ccccc1/C=N/n1c(C(F)(F)F)n[nH]c1=S. The van der Waals surface area contributed by atoms with E-state index in [1.165, 1.54) is 6.21 Å². The van der Waals surface area contributed by atoms with Crippen LogP contribution in [-0.2, 0) is 6.18 Å². The van der Waals surface area contributed by atoms with Crippen molar-refractivity contribution in [1.29, 1.82) is 0 Å². The van der Waals surface area contributed by atoms with Gasteiger partial charge in [-0.15, -0.1) is 5.10 Å². The summed E-state index contributed by atoms with van der Waals surface area (Å²) in [5, 5.41) is 9.03. The van der Waals surface area contributed by atoms with Gasteiger partial charge in [0.2, 0.25) is 4.77 Å². The molecule has 2 aromatic rings. The van der Waals surface area contributed by atoms with Gasteiger partial charge in [-0.1, -0.05) is 25.5 Å². The predicted octanol–water partition coefficient (Wildman–Crippen LogP) is 4.02. The van der Waals surface area contributed by atoms with E-state index in [4.69, 9.17) is 17.0 Å². The van der Waals surface area contributed by atoms with Gasteiger partial charge in [-0.3, -0.25) is 0 Å². The number of aromatic nitrogens is 3. The molecule has 0 fully saturated rings. The lowest BCUT2D eigenvalue weighted by molar-refractivity contribution is -0.147. The first-order valence-electron chi connectivity index (χ1n) is 6.94. The lowest BCUT2D eigenvalue weighted by Gasteiger charge is -2.08. The molecule has 0 spiro atoms. The number of alkyl halides is 3. The maximum atomic E-state index is 12.8. The van der Waals surface area contributed by atoms with Gasteiger partial charge in [-0.05, 0) is 30.8 Å². The third-order valence-electron chi connectivity index (χ3n) is 2.89. The van der Waals surface area contributed by atoms with Crippen LogP contribution in [0.1, 0.15) is 31.2 Å². The van der Waals surface area contributed by atoms with Gasteiger partial charge in [0.15, 0.2) is 0 Å². The van der Waals surface area contributed by atoms with Crippen LogP contribution in [0.15, 0.2) is 29.4 Å². The predicted molar refractivity (Wildman–Crippen MR) is 82.3 cm³/mol. The first-order chi connectivity index (χ1) is 10.9. The normalized spacial score (nSPS) is 12.0. The van der Waals surface area contributed by atoms with E-state index in [1.54, 1.807) is 24.3 Å². The van der Waals surface area contributed by atoms with E-state index < -0.39 is 12.0 Å². The summed E-state index contributed by atoms with van der Waals surface area (Å²) in [5.41, 5.74) is 0.555. The molecule has 0 atom stereocenters. The molecule has 9 heteroatoms. The molecule has 0 aliphatic rings. The number of hydrogen-bond acceptors (Lipinski definition) is 4. The van der Waals surface area contributed by atoms with Crippen molar-refractivity contribution < 1.29 is 17.9 Å². The number of hydrogen-bond donors (Lipinski definition) is 1. The summed E-state index contributed by atoms with van der Waals surface area (Å²) in [6.07, 6.45) is -1.52. The van der Waals surface area contributed by atoms with Crippen LogP contribution in [0.3, 0.4) is 0 Å². The van der Waals surface area contributed by atoms with E-state index in [2.05, 4.69) is 15.3 Å². The molecule has 0 bridgehead atoms. The fourth-order valence-corrected chi connectivity index (χ4v) is 1.93. The molecule has 1 aromatic carbocycles. The van der Waals surface area contributed by atoms with Crippen LogP contribution in [0, 0.1) is 4.77 Å². The Balaban J connectivity index is 2.28. The molecule has 0 saturated carbocycles. The molecule has 0 unspecified atom stereocenters. The summed E-state index contributed by atoms with van der Waals surface area (Å²) in [4.78, 5) is 0. The Labute approximate surface area is 135 Å². The van der Waals surface area contributed by atoms with Crippen molar-refractivity contribution in [2.24, 2.45) is 5.10 Å². The molecule has 1 heterocycles. The molecule has 0 amide bonds. The molecule has 2 rings (SSSR count). The van der Waals surface area contributed by atoms with E-state index in [9.17, 15) is 13.2 Å². The number of benzene rings is 1. The number of ether oxygens (including phenoxy) is 1. The largest absolute Gasteiger partial charge is 0.493 e. The lowest BCUT2D eigenvalue weighted by Crippen LogP contribution is -2.13. The van der Waals surface area contributed by atoms with Gasteiger partial charge < -0.3 is 4.74 Å². The third-order valence-corrected chi connectivity index (χ3v) is 3.15. The van der Waals surface area contributed by atoms with Crippen LogP contribution in [0.5, 0.6) is 5.75 Å².